The summed E-state index contributed by atoms with van der Waals surface area (Å²) < 4.78 is 5.53. The lowest BCUT2D eigenvalue weighted by atomic mass is 9.56. The van der Waals surface area contributed by atoms with Gasteiger partial charge in [-0.05, 0) is 55.4 Å². The molecule has 3 aromatic rings. The summed E-state index contributed by atoms with van der Waals surface area (Å²) >= 11 is 0. The first kappa shape index (κ1) is 18.4. The highest BCUT2D eigenvalue weighted by Crippen LogP contribution is 2.50. The van der Waals surface area contributed by atoms with Crippen molar-refractivity contribution in [3.63, 3.8) is 0 Å². The van der Waals surface area contributed by atoms with Gasteiger partial charge in [0.1, 0.15) is 17.0 Å². The van der Waals surface area contributed by atoms with Gasteiger partial charge >= 0.3 is 0 Å². The lowest BCUT2D eigenvalue weighted by molar-refractivity contribution is -0.0976. The monoisotopic (exact) mass is 390 g/mol. The molecule has 2 aromatic carbocycles. The van der Waals surface area contributed by atoms with Crippen molar-refractivity contribution < 1.29 is 14.9 Å². The molecule has 0 saturated carbocycles. The van der Waals surface area contributed by atoms with Gasteiger partial charge in [0.2, 0.25) is 0 Å². The van der Waals surface area contributed by atoms with E-state index in [1.165, 1.54) is 0 Å². The number of hydrogen-bond acceptors (Lipinski definition) is 5. The topological polar surface area (TPSA) is 65.8 Å². The number of β-amino-alcohol motifs (C(OH)–C–C–N with tert-alkyl or cyclic N) is 1. The fourth-order valence-electron chi connectivity index (χ4n) is 5.41. The first-order valence-electron chi connectivity index (χ1n) is 10.1. The van der Waals surface area contributed by atoms with Crippen LogP contribution in [0.1, 0.15) is 23.2 Å². The number of ether oxygens (including phenoxy) is 1. The van der Waals surface area contributed by atoms with Crippen molar-refractivity contribution in [2.75, 3.05) is 27.2 Å². The van der Waals surface area contributed by atoms with Gasteiger partial charge in [-0.3, -0.25) is 0 Å². The number of likely N-dealkylation sites (N-methyl/N-ethyl adjacent to an activating group) is 1. The molecule has 2 aliphatic rings. The van der Waals surface area contributed by atoms with Crippen molar-refractivity contribution in [3.8, 4) is 11.5 Å². The Balaban J connectivity index is 1.72. The maximum Gasteiger partial charge on any atom is 0.145 e. The molecule has 29 heavy (non-hydrogen) atoms. The van der Waals surface area contributed by atoms with E-state index < -0.39 is 11.0 Å². The number of aliphatic hydroxyl groups is 1. The van der Waals surface area contributed by atoms with E-state index in [1.54, 1.807) is 13.2 Å². The fourth-order valence-corrected chi connectivity index (χ4v) is 5.41. The molecule has 2 N–H and O–H groups in total. The molecule has 1 aromatic heterocycles. The van der Waals surface area contributed by atoms with Crippen LogP contribution in [0.2, 0.25) is 0 Å². The second-order valence-corrected chi connectivity index (χ2v) is 8.63. The maximum atomic E-state index is 12.0. The summed E-state index contributed by atoms with van der Waals surface area (Å²) in [5, 5.41) is 23.2. The third-order valence-corrected chi connectivity index (χ3v) is 6.89. The average molecular weight is 390 g/mol. The number of benzene rings is 2. The Morgan fingerprint density at radius 1 is 1.10 bits per heavy atom. The number of methoxy groups -OCH3 is 1. The Morgan fingerprint density at radius 2 is 1.93 bits per heavy atom. The summed E-state index contributed by atoms with van der Waals surface area (Å²) in [4.78, 5) is 7.21. The highest BCUT2D eigenvalue weighted by Gasteiger charge is 2.57. The number of aromatic nitrogens is 1. The number of fused-ring (bicyclic) bond motifs is 3. The number of phenolic OH excluding ortho intramolecular Hbond substituents is 1. The van der Waals surface area contributed by atoms with Crippen LogP contribution in [0.3, 0.4) is 0 Å². The summed E-state index contributed by atoms with van der Waals surface area (Å²) in [5.74, 6) is 0.998. The van der Waals surface area contributed by atoms with Crippen LogP contribution >= 0.6 is 0 Å². The van der Waals surface area contributed by atoms with Crippen LogP contribution in [0.15, 0.2) is 48.5 Å². The lowest BCUT2D eigenvalue weighted by Gasteiger charge is -2.56. The Labute approximate surface area is 170 Å². The molecule has 1 saturated heterocycles. The van der Waals surface area contributed by atoms with E-state index in [0.29, 0.717) is 19.4 Å². The third-order valence-electron chi connectivity index (χ3n) is 6.89. The van der Waals surface area contributed by atoms with E-state index in [1.807, 2.05) is 36.4 Å². The first-order valence-corrected chi connectivity index (χ1v) is 10.1. The van der Waals surface area contributed by atoms with E-state index >= 15 is 0 Å². The molecule has 0 bridgehead atoms. The summed E-state index contributed by atoms with van der Waals surface area (Å²) in [6, 6.07) is 15.5. The first-order chi connectivity index (χ1) is 13.9. The van der Waals surface area contributed by atoms with E-state index in [9.17, 15) is 10.2 Å². The minimum absolute atomic E-state index is 0.233. The van der Waals surface area contributed by atoms with Gasteiger partial charge in [0.25, 0.3) is 0 Å². The van der Waals surface area contributed by atoms with Gasteiger partial charge in [-0.25, -0.2) is 4.98 Å². The van der Waals surface area contributed by atoms with Gasteiger partial charge in [-0.15, -0.1) is 0 Å². The van der Waals surface area contributed by atoms with E-state index in [-0.39, 0.29) is 5.75 Å². The van der Waals surface area contributed by atoms with Crippen LogP contribution in [0.4, 0.5) is 0 Å². The Morgan fingerprint density at radius 3 is 2.72 bits per heavy atom. The molecule has 5 nitrogen and oxygen atoms in total. The van der Waals surface area contributed by atoms with Gasteiger partial charge in [-0.1, -0.05) is 24.3 Å². The summed E-state index contributed by atoms with van der Waals surface area (Å²) in [6.07, 6.45) is 2.00. The van der Waals surface area contributed by atoms with Crippen molar-refractivity contribution >= 4 is 10.9 Å². The molecule has 2 heterocycles. The molecule has 1 fully saturated rings. The second kappa shape index (κ2) is 6.44. The molecule has 0 amide bonds. The smallest absolute Gasteiger partial charge is 0.145 e. The highest BCUT2D eigenvalue weighted by atomic mass is 16.5. The molecule has 1 aliphatic heterocycles. The number of aromatic hydroxyl groups is 1. The summed E-state index contributed by atoms with van der Waals surface area (Å²) in [7, 11) is 3.73. The third kappa shape index (κ3) is 2.72. The minimum Gasteiger partial charge on any atom is -0.508 e. The second-order valence-electron chi connectivity index (χ2n) is 8.63. The molecular formula is C24H26N2O3. The number of likely N-dealkylation sites (tertiary alicyclic amines) is 1. The van der Waals surface area contributed by atoms with Crippen molar-refractivity contribution in [3.05, 3.63) is 65.4 Å². The molecule has 1 aliphatic carbocycles. The lowest BCUT2D eigenvalue weighted by Crippen LogP contribution is -2.66. The molecule has 0 spiro atoms. The Kier molecular flexibility index (Phi) is 4.09. The predicted molar refractivity (Wildman–Crippen MR) is 113 cm³/mol. The molecule has 150 valence electrons. The predicted octanol–water partition coefficient (Wildman–Crippen LogP) is 3.05. The van der Waals surface area contributed by atoms with Crippen molar-refractivity contribution in [1.29, 1.82) is 0 Å². The highest BCUT2D eigenvalue weighted by molar-refractivity contribution is 5.85. The zero-order chi connectivity index (χ0) is 20.2. The van der Waals surface area contributed by atoms with E-state index in [4.69, 9.17) is 9.72 Å². The van der Waals surface area contributed by atoms with Gasteiger partial charge in [0.05, 0.1) is 12.7 Å². The van der Waals surface area contributed by atoms with Gasteiger partial charge in [-0.2, -0.15) is 0 Å². The Bertz CT molecular complexity index is 1100. The minimum atomic E-state index is -0.922. The zero-order valence-corrected chi connectivity index (χ0v) is 16.9. The van der Waals surface area contributed by atoms with Gasteiger partial charge < -0.3 is 19.8 Å². The van der Waals surface area contributed by atoms with Crippen LogP contribution < -0.4 is 4.74 Å². The summed E-state index contributed by atoms with van der Waals surface area (Å²) in [6.45, 7) is 1.49. The number of piperidine rings is 1. The number of para-hydroxylation sites is 1. The maximum absolute atomic E-state index is 12.0. The van der Waals surface area contributed by atoms with E-state index in [0.717, 1.165) is 46.4 Å². The summed E-state index contributed by atoms with van der Waals surface area (Å²) in [5.41, 5.74) is 2.56. The fraction of sp³-hybridized carbons (Fsp3) is 0.375. The molecular weight excluding hydrogens is 364 g/mol. The quantitative estimate of drug-likeness (QED) is 0.704. The number of hydrogen-bond donors (Lipinski definition) is 2. The van der Waals surface area contributed by atoms with Crippen LogP contribution in [-0.4, -0.2) is 52.9 Å². The van der Waals surface area contributed by atoms with Crippen LogP contribution in [-0.2, 0) is 18.3 Å². The number of nitrogens with zero attached hydrogens (tertiary/aromatic N) is 2. The van der Waals surface area contributed by atoms with Gasteiger partial charge in [0.15, 0.2) is 0 Å². The molecule has 0 unspecified atom stereocenters. The number of pyridine rings is 1. The average Bonchev–Trinajstić information content (AvgIpc) is 2.70. The SMILES string of the molecule is COc1cccc2cc3c(nc12)C[C@]1(c2cccc(O)c2)CCN(C)C[C@@]1(O)C3. The Hall–Kier alpha value is -2.63. The number of rotatable bonds is 2. The largest absolute Gasteiger partial charge is 0.508 e. The molecule has 0 radical (unpaired) electrons. The van der Waals surface area contributed by atoms with Crippen molar-refractivity contribution in [1.82, 2.24) is 9.88 Å². The molecule has 5 rings (SSSR count). The molecule has 2 atom stereocenters. The van der Waals surface area contributed by atoms with E-state index in [2.05, 4.69) is 18.0 Å². The normalized spacial score (nSPS) is 26.7. The standard InChI is InChI=1S/C24H26N2O3/c1-26-10-9-23(18-6-4-7-19(27)12-18)14-20-17(13-24(23,28)15-26)11-16-5-3-8-21(29-2)22(16)25-20/h3-8,11-12,27-28H,9-10,13-15H2,1-2H3/t23-,24-/m0/s1. The van der Waals surface area contributed by atoms with Crippen LogP contribution in [0.5, 0.6) is 11.5 Å². The zero-order valence-electron chi connectivity index (χ0n) is 16.9. The van der Waals surface area contributed by atoms with Crippen LogP contribution in [0, 0.1) is 0 Å². The molecule has 5 heteroatoms. The van der Waals surface area contributed by atoms with Crippen molar-refractivity contribution in [2.45, 2.75) is 30.3 Å². The number of phenols is 1. The van der Waals surface area contributed by atoms with Crippen molar-refractivity contribution in [2.24, 2.45) is 0 Å². The van der Waals surface area contributed by atoms with Crippen LogP contribution in [0.25, 0.3) is 10.9 Å². The van der Waals surface area contributed by atoms with Gasteiger partial charge in [0, 0.05) is 35.9 Å².